The zero-order valence-electron chi connectivity index (χ0n) is 19.7. The lowest BCUT2D eigenvalue weighted by molar-refractivity contribution is 0.0331. The number of aromatic nitrogens is 1. The first-order valence-electron chi connectivity index (χ1n) is 11.4. The van der Waals surface area contributed by atoms with Crippen LogP contribution in [-0.2, 0) is 0 Å². The van der Waals surface area contributed by atoms with Gasteiger partial charge in [-0.2, -0.15) is 0 Å². The van der Waals surface area contributed by atoms with Crippen molar-refractivity contribution >= 4 is 5.91 Å². The molecule has 0 fully saturated rings. The number of hydrogen-bond donors (Lipinski definition) is 1. The predicted molar refractivity (Wildman–Crippen MR) is 126 cm³/mol. The maximum Gasteiger partial charge on any atom is 0.259 e. The third-order valence-electron chi connectivity index (χ3n) is 5.81. The van der Waals surface area contributed by atoms with Gasteiger partial charge in [0.2, 0.25) is 5.88 Å². The molecule has 6 nitrogen and oxygen atoms in total. The Morgan fingerprint density at radius 2 is 2.00 bits per heavy atom. The summed E-state index contributed by atoms with van der Waals surface area (Å²) in [5, 5.41) is 9.77. The van der Waals surface area contributed by atoms with Gasteiger partial charge in [-0.25, -0.2) is 9.37 Å². The second kappa shape index (κ2) is 11.3. The number of nitrogens with zero attached hydrogens (tertiary/aromatic N) is 3. The summed E-state index contributed by atoms with van der Waals surface area (Å²) >= 11 is 0. The van der Waals surface area contributed by atoms with E-state index in [1.54, 1.807) is 29.3 Å². The Morgan fingerprint density at radius 1 is 1.30 bits per heavy atom. The van der Waals surface area contributed by atoms with Gasteiger partial charge in [-0.1, -0.05) is 25.7 Å². The highest BCUT2D eigenvalue weighted by molar-refractivity contribution is 5.97. The van der Waals surface area contributed by atoms with Gasteiger partial charge < -0.3 is 19.6 Å². The van der Waals surface area contributed by atoms with Gasteiger partial charge in [0, 0.05) is 36.3 Å². The van der Waals surface area contributed by atoms with Gasteiger partial charge in [0.25, 0.3) is 5.91 Å². The molecule has 1 amide bonds. The first kappa shape index (κ1) is 24.7. The van der Waals surface area contributed by atoms with Crippen molar-refractivity contribution in [2.24, 2.45) is 5.92 Å². The molecule has 0 bridgehead atoms. The van der Waals surface area contributed by atoms with Gasteiger partial charge in [-0.05, 0) is 57.3 Å². The maximum atomic E-state index is 13.4. The van der Waals surface area contributed by atoms with Crippen LogP contribution >= 0.6 is 0 Å². The fraction of sp³-hybridized carbons (Fsp3) is 0.462. The third-order valence-corrected chi connectivity index (χ3v) is 5.81. The molecule has 1 aromatic heterocycles. The quantitative estimate of drug-likeness (QED) is 0.681. The minimum absolute atomic E-state index is 0.0511. The number of benzene rings is 1. The standard InChI is InChI=1S/C26H32FN3O3/c1-5-12-29(4)16-24-18(2)15-30(19(3)17-31)26(32)23-13-21(14-28-25(23)33-24)7-6-20-8-10-22(27)11-9-20/h8-11,13-14,18-19,24,31H,5,12,15-17H2,1-4H3/t18-,19+,24-/m1/s1. The topological polar surface area (TPSA) is 65.9 Å². The number of carbonyl (C=O) groups is 1. The number of halogens is 1. The van der Waals surface area contributed by atoms with E-state index in [-0.39, 0.29) is 42.3 Å². The first-order valence-corrected chi connectivity index (χ1v) is 11.4. The van der Waals surface area contributed by atoms with E-state index in [0.29, 0.717) is 29.8 Å². The number of pyridine rings is 1. The van der Waals surface area contributed by atoms with Crippen molar-refractivity contribution in [1.29, 1.82) is 0 Å². The minimum Gasteiger partial charge on any atom is -0.472 e. The van der Waals surface area contributed by atoms with Crippen molar-refractivity contribution in [3.63, 3.8) is 0 Å². The second-order valence-electron chi connectivity index (χ2n) is 8.72. The third kappa shape index (κ3) is 6.31. The molecule has 33 heavy (non-hydrogen) atoms. The molecule has 3 atom stereocenters. The van der Waals surface area contributed by atoms with Crippen LogP contribution in [0.4, 0.5) is 4.39 Å². The number of aliphatic hydroxyl groups excluding tert-OH is 1. The van der Waals surface area contributed by atoms with Crippen LogP contribution in [0, 0.1) is 23.6 Å². The molecule has 0 radical (unpaired) electrons. The molecule has 2 aromatic rings. The molecule has 1 aromatic carbocycles. The fourth-order valence-corrected chi connectivity index (χ4v) is 3.85. The molecule has 2 heterocycles. The van der Waals surface area contributed by atoms with Crippen molar-refractivity contribution in [1.82, 2.24) is 14.8 Å². The van der Waals surface area contributed by atoms with E-state index in [4.69, 9.17) is 4.74 Å². The molecule has 1 N–H and O–H groups in total. The molecular weight excluding hydrogens is 421 g/mol. The van der Waals surface area contributed by atoms with Crippen LogP contribution in [0.15, 0.2) is 36.5 Å². The van der Waals surface area contributed by atoms with Crippen LogP contribution in [0.25, 0.3) is 0 Å². The summed E-state index contributed by atoms with van der Waals surface area (Å²) in [4.78, 5) is 21.8. The fourth-order valence-electron chi connectivity index (χ4n) is 3.85. The predicted octanol–water partition coefficient (Wildman–Crippen LogP) is 3.18. The number of ether oxygens (including phenoxy) is 1. The highest BCUT2D eigenvalue weighted by Crippen LogP contribution is 2.27. The molecule has 0 unspecified atom stereocenters. The van der Waals surface area contributed by atoms with E-state index in [1.807, 2.05) is 6.92 Å². The summed E-state index contributed by atoms with van der Waals surface area (Å²) in [5.74, 6) is 5.74. The molecule has 0 aliphatic carbocycles. The van der Waals surface area contributed by atoms with E-state index < -0.39 is 0 Å². The highest BCUT2D eigenvalue weighted by Gasteiger charge is 2.34. The molecule has 0 saturated heterocycles. The smallest absolute Gasteiger partial charge is 0.259 e. The lowest BCUT2D eigenvalue weighted by atomic mass is 10.00. The summed E-state index contributed by atoms with van der Waals surface area (Å²) in [6, 6.07) is 7.24. The van der Waals surface area contributed by atoms with Gasteiger partial charge in [-0.15, -0.1) is 0 Å². The molecule has 176 valence electrons. The van der Waals surface area contributed by atoms with Gasteiger partial charge >= 0.3 is 0 Å². The Labute approximate surface area is 195 Å². The number of likely N-dealkylation sites (N-methyl/N-ethyl adjacent to an activating group) is 1. The van der Waals surface area contributed by atoms with Crippen LogP contribution in [0.1, 0.15) is 48.7 Å². The summed E-state index contributed by atoms with van der Waals surface area (Å²) in [6.07, 6.45) is 2.46. The SMILES string of the molecule is CCCN(C)C[C@H]1Oc2ncc(C#Cc3ccc(F)cc3)cc2C(=O)N([C@@H](C)CO)C[C@H]1C. The van der Waals surface area contributed by atoms with Gasteiger partial charge in [0.05, 0.1) is 12.6 Å². The number of carbonyl (C=O) groups excluding carboxylic acids is 1. The molecule has 1 aliphatic rings. The van der Waals surface area contributed by atoms with Crippen molar-refractivity contribution in [2.75, 3.05) is 33.3 Å². The minimum atomic E-state index is -0.339. The van der Waals surface area contributed by atoms with Gasteiger partial charge in [0.1, 0.15) is 17.5 Å². The first-order chi connectivity index (χ1) is 15.8. The summed E-state index contributed by atoms with van der Waals surface area (Å²) in [7, 11) is 2.06. The molecule has 7 heteroatoms. The van der Waals surface area contributed by atoms with Crippen LogP contribution in [0.2, 0.25) is 0 Å². The van der Waals surface area contributed by atoms with Crippen LogP contribution in [-0.4, -0.2) is 71.2 Å². The Morgan fingerprint density at radius 3 is 2.67 bits per heavy atom. The number of aliphatic hydroxyl groups is 1. The van der Waals surface area contributed by atoms with E-state index in [0.717, 1.165) is 13.0 Å². The van der Waals surface area contributed by atoms with Gasteiger partial charge in [0.15, 0.2) is 0 Å². The van der Waals surface area contributed by atoms with Crippen molar-refractivity contribution in [3.05, 3.63) is 59.0 Å². The van der Waals surface area contributed by atoms with Crippen molar-refractivity contribution in [2.45, 2.75) is 39.3 Å². The van der Waals surface area contributed by atoms with Gasteiger partial charge in [-0.3, -0.25) is 4.79 Å². The van der Waals surface area contributed by atoms with Crippen molar-refractivity contribution in [3.8, 4) is 17.7 Å². The monoisotopic (exact) mass is 453 g/mol. The summed E-state index contributed by atoms with van der Waals surface area (Å²) in [6.45, 7) is 8.01. The Kier molecular flexibility index (Phi) is 8.43. The number of hydrogen-bond acceptors (Lipinski definition) is 5. The van der Waals surface area contributed by atoms with Crippen LogP contribution in [0.3, 0.4) is 0 Å². The highest BCUT2D eigenvalue weighted by atomic mass is 19.1. The average molecular weight is 454 g/mol. The Balaban J connectivity index is 1.97. The van der Waals surface area contributed by atoms with Crippen LogP contribution < -0.4 is 4.74 Å². The zero-order valence-corrected chi connectivity index (χ0v) is 19.7. The van der Waals surface area contributed by atoms with E-state index in [9.17, 15) is 14.3 Å². The summed E-state index contributed by atoms with van der Waals surface area (Å²) < 4.78 is 19.4. The van der Waals surface area contributed by atoms with E-state index in [2.05, 4.69) is 42.6 Å². The largest absolute Gasteiger partial charge is 0.472 e. The second-order valence-corrected chi connectivity index (χ2v) is 8.72. The van der Waals surface area contributed by atoms with Crippen molar-refractivity contribution < 1.29 is 19.0 Å². The zero-order chi connectivity index (χ0) is 24.0. The lowest BCUT2D eigenvalue weighted by Crippen LogP contribution is -2.50. The number of amides is 1. The number of rotatable bonds is 6. The Hall–Kier alpha value is -2.95. The normalized spacial score (nSPS) is 19.1. The molecular formula is C26H32FN3O3. The Bertz CT molecular complexity index is 1020. The molecule has 0 spiro atoms. The molecule has 3 rings (SSSR count). The summed E-state index contributed by atoms with van der Waals surface area (Å²) in [5.41, 5.74) is 1.55. The maximum absolute atomic E-state index is 13.4. The van der Waals surface area contributed by atoms with E-state index >= 15 is 0 Å². The van der Waals surface area contributed by atoms with Crippen LogP contribution in [0.5, 0.6) is 5.88 Å². The molecule has 0 saturated carbocycles. The van der Waals surface area contributed by atoms with E-state index in [1.165, 1.54) is 12.1 Å². The lowest BCUT2D eigenvalue weighted by Gasteiger charge is -2.37. The number of fused-ring (bicyclic) bond motifs is 1. The average Bonchev–Trinajstić information content (AvgIpc) is 2.80. The molecule has 1 aliphatic heterocycles.